The van der Waals surface area contributed by atoms with Crippen LogP contribution in [0.25, 0.3) is 0 Å². The van der Waals surface area contributed by atoms with Crippen LogP contribution in [0.3, 0.4) is 0 Å². The fourth-order valence-electron chi connectivity index (χ4n) is 8.50. The van der Waals surface area contributed by atoms with E-state index >= 15 is 0 Å². The zero-order valence-corrected chi connectivity index (χ0v) is 29.3. The lowest BCUT2D eigenvalue weighted by molar-refractivity contribution is -0.142. The van der Waals surface area contributed by atoms with Crippen molar-refractivity contribution in [2.75, 3.05) is 57.4 Å². The Morgan fingerprint density at radius 2 is 1.54 bits per heavy atom. The minimum atomic E-state index is -5.21. The van der Waals surface area contributed by atoms with Gasteiger partial charge in [0.25, 0.3) is 5.91 Å². The van der Waals surface area contributed by atoms with Crippen LogP contribution in [0.15, 0.2) is 23.6 Å². The molecule has 0 aliphatic carbocycles. The van der Waals surface area contributed by atoms with E-state index < -0.39 is 59.3 Å². The molecule has 11 nitrogen and oxygen atoms in total. The number of carbonyl (C=O) groups is 3. The molecule has 2 unspecified atom stereocenters. The lowest BCUT2D eigenvalue weighted by atomic mass is 9.97. The smallest absolute Gasteiger partial charge is 0.418 e. The van der Waals surface area contributed by atoms with E-state index in [4.69, 9.17) is 10.5 Å². The molecule has 1 aromatic heterocycles. The molecule has 4 fully saturated rings. The monoisotopic (exact) mass is 757 g/mol. The molecule has 2 aromatic rings. The number of piperidine rings is 2. The summed E-state index contributed by atoms with van der Waals surface area (Å²) in [6, 6.07) is 3.55. The number of hydrogen-bond acceptors (Lipinski definition) is 8. The Morgan fingerprint density at radius 1 is 0.923 bits per heavy atom. The number of ether oxygens (including phenoxy) is 1. The van der Waals surface area contributed by atoms with Crippen LogP contribution in [-0.2, 0) is 34.8 Å². The number of nitrogen functional groups attached to an aromatic ring is 1. The van der Waals surface area contributed by atoms with Gasteiger partial charge in [-0.25, -0.2) is 9.59 Å². The van der Waals surface area contributed by atoms with Gasteiger partial charge in [-0.15, -0.1) is 11.3 Å². The van der Waals surface area contributed by atoms with Crippen LogP contribution in [-0.4, -0.2) is 119 Å². The molecule has 5 aliphatic heterocycles. The minimum Gasteiger partial charge on any atom is -0.436 e. The van der Waals surface area contributed by atoms with Gasteiger partial charge in [0, 0.05) is 74.7 Å². The van der Waals surface area contributed by atoms with Crippen molar-refractivity contribution in [3.63, 3.8) is 0 Å². The molecular weight excluding hydrogens is 716 g/mol. The number of anilines is 2. The Hall–Kier alpha value is -3.77. The molecule has 3 N–H and O–H groups in total. The molecule has 4 amide bonds. The summed E-state index contributed by atoms with van der Waals surface area (Å²) in [5.74, 6) is -0.681. The molecule has 3 atom stereocenters. The van der Waals surface area contributed by atoms with E-state index in [1.54, 1.807) is 4.90 Å². The number of urea groups is 1. The summed E-state index contributed by atoms with van der Waals surface area (Å²) < 4.78 is 89.0. The quantitative estimate of drug-likeness (QED) is 0.304. The van der Waals surface area contributed by atoms with Gasteiger partial charge >= 0.3 is 24.5 Å². The predicted octanol–water partition coefficient (Wildman–Crippen LogP) is 5.31. The molecule has 284 valence electrons. The van der Waals surface area contributed by atoms with Crippen molar-refractivity contribution in [1.82, 2.24) is 24.5 Å². The number of halogens is 6. The Kier molecular flexibility index (Phi) is 9.78. The number of likely N-dealkylation sites (N-methyl/N-ethyl adjacent to an activating group) is 1. The summed E-state index contributed by atoms with van der Waals surface area (Å²) in [6.45, 7) is 3.29. The second-order valence-electron chi connectivity index (χ2n) is 14.4. The van der Waals surface area contributed by atoms with Crippen molar-refractivity contribution in [3.05, 3.63) is 45.1 Å². The van der Waals surface area contributed by atoms with Crippen molar-refractivity contribution < 1.29 is 45.5 Å². The molecule has 52 heavy (non-hydrogen) atoms. The molecular formula is C34H41F6N7O4S. The average molecular weight is 758 g/mol. The van der Waals surface area contributed by atoms with Gasteiger partial charge in [0.05, 0.1) is 29.0 Å². The van der Waals surface area contributed by atoms with Crippen molar-refractivity contribution in [1.29, 1.82) is 0 Å². The molecule has 5 aliphatic rings. The molecule has 1 aromatic carbocycles. The summed E-state index contributed by atoms with van der Waals surface area (Å²) in [5.41, 5.74) is 0.810. The van der Waals surface area contributed by atoms with E-state index in [1.807, 2.05) is 11.4 Å². The minimum absolute atomic E-state index is 0.169. The number of benzene rings is 1. The predicted molar refractivity (Wildman–Crippen MR) is 179 cm³/mol. The first kappa shape index (κ1) is 36.6. The SMILES string of the molecule is CN1CC2CC1CN2C1CCN(C(=O)[C@@H](Cc2cc(C(F)(F)F)c(N)c(C(F)(F)F)c2)OC(=O)N2CCC(N3Cc4sccc4NC3=O)CC2)CC1. The van der Waals surface area contributed by atoms with Gasteiger partial charge in [-0.3, -0.25) is 9.69 Å². The van der Waals surface area contributed by atoms with Gasteiger partial charge in [-0.1, -0.05) is 0 Å². The summed E-state index contributed by atoms with van der Waals surface area (Å²) in [7, 11) is 2.11. The van der Waals surface area contributed by atoms with Crippen molar-refractivity contribution in [2.45, 2.75) is 87.7 Å². The van der Waals surface area contributed by atoms with Crippen molar-refractivity contribution in [2.24, 2.45) is 0 Å². The van der Waals surface area contributed by atoms with Gasteiger partial charge in [-0.05, 0) is 68.3 Å². The number of likely N-dealkylation sites (tertiary alicyclic amines) is 4. The van der Waals surface area contributed by atoms with E-state index in [2.05, 4.69) is 22.2 Å². The number of nitrogens with two attached hydrogens (primary N) is 1. The summed E-state index contributed by atoms with van der Waals surface area (Å²) >= 11 is 1.52. The first-order valence-electron chi connectivity index (χ1n) is 17.5. The van der Waals surface area contributed by atoms with E-state index in [-0.39, 0.29) is 31.2 Å². The largest absolute Gasteiger partial charge is 0.436 e. The van der Waals surface area contributed by atoms with Gasteiger partial charge in [-0.2, -0.15) is 26.3 Å². The highest BCUT2D eigenvalue weighted by Crippen LogP contribution is 2.42. The summed E-state index contributed by atoms with van der Waals surface area (Å²) in [5, 5.41) is 4.76. The highest BCUT2D eigenvalue weighted by atomic mass is 32.1. The molecule has 2 bridgehead atoms. The number of nitrogens with zero attached hydrogens (tertiary/aromatic N) is 5. The number of hydrogen-bond donors (Lipinski definition) is 2. The Morgan fingerprint density at radius 3 is 2.12 bits per heavy atom. The molecule has 6 heterocycles. The Bertz CT molecular complexity index is 1650. The number of alkyl halides is 6. The van der Waals surface area contributed by atoms with E-state index in [9.17, 15) is 40.7 Å². The second kappa shape index (κ2) is 13.9. The maximum atomic E-state index is 14.0. The highest BCUT2D eigenvalue weighted by Gasteiger charge is 2.46. The average Bonchev–Trinajstić information content (AvgIpc) is 3.83. The standard InChI is InChI=1S/C34H41F6N7O4S/c1-43-16-23-15-22(43)17-46(23)20-2-7-44(8-3-20)30(48)27(14-19-12-24(33(35,36)37)29(41)25(13-19)34(38,39)40)51-32(50)45-9-4-21(5-10-45)47-18-28-26(6-11-52-28)42-31(47)49/h6,11-13,20-23,27H,2-5,7-10,14-18,41H2,1H3,(H,42,49)/t22?,23?,27-/m1/s1. The fraction of sp³-hybridized carbons (Fsp3) is 0.618. The number of carbonyl (C=O) groups excluding carboxylic acids is 3. The summed E-state index contributed by atoms with van der Waals surface area (Å²) in [4.78, 5) is 50.7. The van der Waals surface area contributed by atoms with Crippen LogP contribution in [0.4, 0.5) is 47.3 Å². The van der Waals surface area contributed by atoms with Crippen LogP contribution >= 0.6 is 11.3 Å². The maximum absolute atomic E-state index is 14.0. The number of piperazine rings is 1. The fourth-order valence-corrected chi connectivity index (χ4v) is 9.33. The molecule has 7 rings (SSSR count). The zero-order chi connectivity index (χ0) is 37.1. The lowest BCUT2D eigenvalue weighted by Crippen LogP contribution is -2.55. The Balaban J connectivity index is 1.06. The molecule has 4 saturated heterocycles. The maximum Gasteiger partial charge on any atom is 0.418 e. The highest BCUT2D eigenvalue weighted by molar-refractivity contribution is 7.10. The Labute approximate surface area is 300 Å². The number of thiophene rings is 1. The zero-order valence-electron chi connectivity index (χ0n) is 28.5. The lowest BCUT2D eigenvalue weighted by Gasteiger charge is -2.42. The van der Waals surface area contributed by atoms with E-state index in [1.165, 1.54) is 21.1 Å². The van der Waals surface area contributed by atoms with Gasteiger partial charge in [0.2, 0.25) is 0 Å². The van der Waals surface area contributed by atoms with E-state index in [0.717, 1.165) is 30.1 Å². The van der Waals surface area contributed by atoms with Gasteiger partial charge < -0.3 is 35.4 Å². The van der Waals surface area contributed by atoms with Crippen molar-refractivity contribution in [3.8, 4) is 0 Å². The topological polar surface area (TPSA) is 115 Å². The number of amides is 4. The van der Waals surface area contributed by atoms with Crippen LogP contribution in [0.1, 0.15) is 53.7 Å². The van der Waals surface area contributed by atoms with Crippen LogP contribution in [0.2, 0.25) is 0 Å². The molecule has 0 radical (unpaired) electrons. The second-order valence-corrected chi connectivity index (χ2v) is 15.4. The first-order valence-corrected chi connectivity index (χ1v) is 18.4. The number of nitrogens with one attached hydrogen (secondary N) is 1. The normalized spacial score (nSPS) is 24.3. The van der Waals surface area contributed by atoms with Gasteiger partial charge in [0.1, 0.15) is 0 Å². The van der Waals surface area contributed by atoms with Crippen LogP contribution in [0, 0.1) is 0 Å². The van der Waals surface area contributed by atoms with Crippen LogP contribution in [0.5, 0.6) is 0 Å². The molecule has 18 heteroatoms. The third kappa shape index (κ3) is 7.25. The molecule has 0 saturated carbocycles. The van der Waals surface area contributed by atoms with E-state index in [0.29, 0.717) is 69.5 Å². The molecule has 0 spiro atoms. The number of fused-ring (bicyclic) bond motifs is 3. The summed E-state index contributed by atoms with van der Waals surface area (Å²) in [6.07, 6.45) is -10.5. The first-order chi connectivity index (χ1) is 24.6. The third-order valence-corrected chi connectivity index (χ3v) is 12.2. The van der Waals surface area contributed by atoms with Crippen LogP contribution < -0.4 is 11.1 Å². The third-order valence-electron chi connectivity index (χ3n) is 11.3. The van der Waals surface area contributed by atoms with Crippen molar-refractivity contribution >= 4 is 40.7 Å². The van der Waals surface area contributed by atoms with Gasteiger partial charge in [0.15, 0.2) is 6.10 Å². The number of rotatable bonds is 6.